The first kappa shape index (κ1) is 17.5. The highest BCUT2D eigenvalue weighted by molar-refractivity contribution is 5.95. The van der Waals surface area contributed by atoms with Crippen LogP contribution in [0.3, 0.4) is 0 Å². The van der Waals surface area contributed by atoms with E-state index in [1.807, 2.05) is 13.8 Å². The van der Waals surface area contributed by atoms with E-state index in [-0.39, 0.29) is 18.0 Å². The fraction of sp³-hybridized carbons (Fsp3) is 0.857. The van der Waals surface area contributed by atoms with Crippen LogP contribution >= 0.6 is 0 Å². The average Bonchev–Trinajstić information content (AvgIpc) is 3.06. The molecular formula is C14H24N4O5. The molecule has 9 heteroatoms. The van der Waals surface area contributed by atoms with Crippen LogP contribution in [0.4, 0.5) is 4.79 Å². The van der Waals surface area contributed by atoms with Gasteiger partial charge in [0.2, 0.25) is 0 Å². The summed E-state index contributed by atoms with van der Waals surface area (Å²) in [4.78, 5) is 25.9. The summed E-state index contributed by atoms with van der Waals surface area (Å²) in [5.41, 5.74) is 0. The smallest absolute Gasteiger partial charge is 0.416 e. The average molecular weight is 328 g/mol. The minimum Gasteiger partial charge on any atom is -0.449 e. The van der Waals surface area contributed by atoms with E-state index < -0.39 is 11.1 Å². The zero-order valence-electron chi connectivity index (χ0n) is 13.6. The van der Waals surface area contributed by atoms with E-state index in [1.54, 1.807) is 4.90 Å². The molecule has 2 rings (SSSR count). The lowest BCUT2D eigenvalue weighted by Crippen LogP contribution is -2.40. The fourth-order valence-corrected chi connectivity index (χ4v) is 2.85. The molecule has 2 unspecified atom stereocenters. The molecule has 0 spiro atoms. The number of hydrazone groups is 1. The summed E-state index contributed by atoms with van der Waals surface area (Å²) in [6, 6.07) is 0. The summed E-state index contributed by atoms with van der Waals surface area (Å²) in [6.45, 7) is 6.40. The number of hydrogen-bond acceptors (Lipinski definition) is 5. The zero-order valence-corrected chi connectivity index (χ0v) is 13.6. The summed E-state index contributed by atoms with van der Waals surface area (Å²) in [5, 5.41) is 13.4. The Hall–Kier alpha value is -1.90. The Bertz CT molecular complexity index is 470. The van der Waals surface area contributed by atoms with Gasteiger partial charge in [0, 0.05) is 19.0 Å². The number of rotatable bonds is 6. The standard InChI is InChI=1S/C14H24N4O5/c1-3-4-7-22-14(19)17-6-5-16(13(17)15-18(20)21)9-12-8-11(2)23-10-12/h11-12H,3-10H2,1-2H3. The molecule has 0 radical (unpaired) electrons. The molecule has 23 heavy (non-hydrogen) atoms. The molecule has 0 bridgehead atoms. The topological polar surface area (TPSA) is 97.5 Å². The molecule has 0 N–H and O–H groups in total. The number of nitrogens with zero attached hydrogens (tertiary/aromatic N) is 4. The van der Waals surface area contributed by atoms with Gasteiger partial charge in [0.15, 0.2) is 5.03 Å². The van der Waals surface area contributed by atoms with Crippen molar-refractivity contribution >= 4 is 12.1 Å². The van der Waals surface area contributed by atoms with Gasteiger partial charge in [0.25, 0.3) is 5.96 Å². The maximum absolute atomic E-state index is 12.1. The lowest BCUT2D eigenvalue weighted by atomic mass is 10.1. The van der Waals surface area contributed by atoms with Crippen molar-refractivity contribution in [2.45, 2.75) is 39.2 Å². The molecule has 0 aromatic carbocycles. The van der Waals surface area contributed by atoms with Crippen LogP contribution in [0.15, 0.2) is 5.10 Å². The molecule has 0 aliphatic carbocycles. The van der Waals surface area contributed by atoms with Crippen LogP contribution in [-0.2, 0) is 9.47 Å². The largest absolute Gasteiger partial charge is 0.449 e. The SMILES string of the molecule is CCCCOC(=O)N1CCN(CC2COC(C)C2)C1=N[N+](=O)[O-]. The molecule has 2 atom stereocenters. The summed E-state index contributed by atoms with van der Waals surface area (Å²) >= 11 is 0. The van der Waals surface area contributed by atoms with Crippen LogP contribution in [-0.4, -0.2) is 65.8 Å². The third-order valence-corrected chi connectivity index (χ3v) is 3.99. The number of nitro groups is 1. The van der Waals surface area contributed by atoms with Gasteiger partial charge in [-0.3, -0.25) is 0 Å². The second-order valence-electron chi connectivity index (χ2n) is 5.95. The van der Waals surface area contributed by atoms with Crippen molar-refractivity contribution in [2.75, 3.05) is 32.8 Å². The molecule has 0 aromatic heterocycles. The first-order chi connectivity index (χ1) is 11.0. The lowest BCUT2D eigenvalue weighted by molar-refractivity contribution is -0.486. The summed E-state index contributed by atoms with van der Waals surface area (Å²) in [6.07, 6.45) is 2.21. The Morgan fingerprint density at radius 2 is 2.30 bits per heavy atom. The first-order valence-electron chi connectivity index (χ1n) is 8.05. The van der Waals surface area contributed by atoms with Crippen LogP contribution in [0.1, 0.15) is 33.1 Å². The molecule has 0 aromatic rings. The van der Waals surface area contributed by atoms with Crippen LogP contribution < -0.4 is 0 Å². The van der Waals surface area contributed by atoms with E-state index in [9.17, 15) is 14.9 Å². The van der Waals surface area contributed by atoms with Crippen molar-refractivity contribution in [3.63, 3.8) is 0 Å². The number of amides is 1. The molecule has 0 saturated carbocycles. The lowest BCUT2D eigenvalue weighted by Gasteiger charge is -2.21. The summed E-state index contributed by atoms with van der Waals surface area (Å²) < 4.78 is 10.7. The number of carbonyl (C=O) groups excluding carboxylic acids is 1. The highest BCUT2D eigenvalue weighted by atomic mass is 16.7. The van der Waals surface area contributed by atoms with Gasteiger partial charge in [-0.25, -0.2) is 19.8 Å². The molecular weight excluding hydrogens is 304 g/mol. The molecule has 2 heterocycles. The van der Waals surface area contributed by atoms with E-state index in [2.05, 4.69) is 5.10 Å². The van der Waals surface area contributed by atoms with Gasteiger partial charge in [-0.1, -0.05) is 13.3 Å². The van der Waals surface area contributed by atoms with Gasteiger partial charge < -0.3 is 14.4 Å². The molecule has 1 amide bonds. The van der Waals surface area contributed by atoms with Crippen LogP contribution in [0.5, 0.6) is 0 Å². The van der Waals surface area contributed by atoms with E-state index in [0.29, 0.717) is 32.8 Å². The molecule has 9 nitrogen and oxygen atoms in total. The van der Waals surface area contributed by atoms with Crippen molar-refractivity contribution in [1.82, 2.24) is 9.80 Å². The van der Waals surface area contributed by atoms with Gasteiger partial charge in [0.05, 0.1) is 25.9 Å². The van der Waals surface area contributed by atoms with E-state index in [4.69, 9.17) is 9.47 Å². The predicted molar refractivity (Wildman–Crippen MR) is 82.5 cm³/mol. The Kier molecular flexibility index (Phi) is 6.14. The Morgan fingerprint density at radius 1 is 1.52 bits per heavy atom. The predicted octanol–water partition coefficient (Wildman–Crippen LogP) is 1.51. The third-order valence-electron chi connectivity index (χ3n) is 3.99. The first-order valence-corrected chi connectivity index (χ1v) is 8.05. The summed E-state index contributed by atoms with van der Waals surface area (Å²) in [5.74, 6) is 0.356. The number of unbranched alkanes of at least 4 members (excludes halogenated alkanes) is 1. The van der Waals surface area contributed by atoms with Crippen LogP contribution in [0, 0.1) is 16.0 Å². The minimum atomic E-state index is -0.770. The molecule has 2 aliphatic rings. The Labute approximate surface area is 135 Å². The van der Waals surface area contributed by atoms with Gasteiger partial charge in [-0.15, -0.1) is 0 Å². The molecule has 2 aliphatic heterocycles. The second-order valence-corrected chi connectivity index (χ2v) is 5.95. The highest BCUT2D eigenvalue weighted by Gasteiger charge is 2.37. The number of carbonyl (C=O) groups is 1. The van der Waals surface area contributed by atoms with E-state index >= 15 is 0 Å². The van der Waals surface area contributed by atoms with Crippen LogP contribution in [0.25, 0.3) is 0 Å². The van der Waals surface area contributed by atoms with Crippen molar-refractivity contribution in [2.24, 2.45) is 11.0 Å². The Balaban J connectivity index is 2.00. The molecule has 2 saturated heterocycles. The summed E-state index contributed by atoms with van der Waals surface area (Å²) in [7, 11) is 0. The number of guanidine groups is 1. The maximum atomic E-state index is 12.1. The Morgan fingerprint density at radius 3 is 2.91 bits per heavy atom. The third kappa shape index (κ3) is 4.78. The van der Waals surface area contributed by atoms with Gasteiger partial charge in [-0.05, 0) is 19.8 Å². The fourth-order valence-electron chi connectivity index (χ4n) is 2.85. The quantitative estimate of drug-likeness (QED) is 0.416. The second kappa shape index (κ2) is 8.09. The van der Waals surface area contributed by atoms with Crippen LogP contribution in [0.2, 0.25) is 0 Å². The monoisotopic (exact) mass is 328 g/mol. The van der Waals surface area contributed by atoms with Crippen molar-refractivity contribution in [1.29, 1.82) is 0 Å². The van der Waals surface area contributed by atoms with Gasteiger partial charge in [0.1, 0.15) is 5.10 Å². The zero-order chi connectivity index (χ0) is 16.8. The van der Waals surface area contributed by atoms with Gasteiger partial charge in [-0.2, -0.15) is 0 Å². The van der Waals surface area contributed by atoms with E-state index in [1.165, 1.54) is 4.90 Å². The maximum Gasteiger partial charge on any atom is 0.416 e. The van der Waals surface area contributed by atoms with Crippen molar-refractivity contribution in [3.8, 4) is 0 Å². The van der Waals surface area contributed by atoms with Crippen molar-refractivity contribution < 1.29 is 19.3 Å². The number of ether oxygens (including phenoxy) is 2. The van der Waals surface area contributed by atoms with Crippen molar-refractivity contribution in [3.05, 3.63) is 10.1 Å². The minimum absolute atomic E-state index is 0.0658. The number of hydrogen-bond donors (Lipinski definition) is 0. The van der Waals surface area contributed by atoms with E-state index in [0.717, 1.165) is 19.3 Å². The highest BCUT2D eigenvalue weighted by Crippen LogP contribution is 2.22. The molecule has 2 fully saturated rings. The normalized spacial score (nSPS) is 26.1. The molecule has 130 valence electrons. The van der Waals surface area contributed by atoms with Gasteiger partial charge >= 0.3 is 6.09 Å².